The number of nitrogens with zero attached hydrogens (tertiary/aromatic N) is 3. The van der Waals surface area contributed by atoms with E-state index in [9.17, 15) is 4.39 Å². The summed E-state index contributed by atoms with van der Waals surface area (Å²) in [6.45, 7) is 4.13. The number of pyridine rings is 1. The molecule has 0 aliphatic carbocycles. The molecule has 102 valence electrons. The average molecular weight is 270 g/mol. The molecule has 1 aromatic carbocycles. The lowest BCUT2D eigenvalue weighted by molar-refractivity contribution is 0.620. The Labute approximate surface area is 116 Å². The maximum atomic E-state index is 13.4. The number of fused-ring (bicyclic) bond motifs is 1. The summed E-state index contributed by atoms with van der Waals surface area (Å²) < 4.78 is 15.4. The van der Waals surface area contributed by atoms with E-state index in [0.717, 1.165) is 16.9 Å². The van der Waals surface area contributed by atoms with Gasteiger partial charge in [-0.25, -0.2) is 9.37 Å². The molecular formula is C15H15FN4. The molecule has 0 radical (unpaired) electrons. The third-order valence-corrected chi connectivity index (χ3v) is 3.19. The molecule has 0 atom stereocenters. The molecule has 0 spiro atoms. The molecule has 2 N–H and O–H groups in total. The van der Waals surface area contributed by atoms with Crippen LogP contribution >= 0.6 is 0 Å². The molecule has 0 saturated heterocycles. The minimum atomic E-state index is -0.289. The van der Waals surface area contributed by atoms with E-state index in [4.69, 9.17) is 5.73 Å². The third-order valence-electron chi connectivity index (χ3n) is 3.19. The molecule has 20 heavy (non-hydrogen) atoms. The van der Waals surface area contributed by atoms with Crippen LogP contribution in [0.1, 0.15) is 19.9 Å². The molecule has 0 aliphatic heterocycles. The average Bonchev–Trinajstić information content (AvgIpc) is 2.77. The summed E-state index contributed by atoms with van der Waals surface area (Å²) >= 11 is 0. The first-order valence-corrected chi connectivity index (χ1v) is 6.44. The minimum Gasteiger partial charge on any atom is -0.397 e. The van der Waals surface area contributed by atoms with Gasteiger partial charge in [-0.1, -0.05) is 0 Å². The molecule has 0 bridgehead atoms. The number of nitrogens with two attached hydrogens (primary N) is 1. The normalized spacial score (nSPS) is 11.4. The molecule has 0 unspecified atom stereocenters. The second-order valence-corrected chi connectivity index (χ2v) is 5.04. The van der Waals surface area contributed by atoms with Crippen molar-refractivity contribution in [2.24, 2.45) is 0 Å². The van der Waals surface area contributed by atoms with Crippen molar-refractivity contribution in [1.29, 1.82) is 0 Å². The lowest BCUT2D eigenvalue weighted by atomic mass is 10.2. The summed E-state index contributed by atoms with van der Waals surface area (Å²) in [4.78, 5) is 8.63. The maximum absolute atomic E-state index is 13.4. The first kappa shape index (κ1) is 12.6. The highest BCUT2D eigenvalue weighted by molar-refractivity contribution is 5.81. The lowest BCUT2D eigenvalue weighted by Crippen LogP contribution is -2.03. The molecule has 0 saturated carbocycles. The van der Waals surface area contributed by atoms with Crippen LogP contribution in [0.5, 0.6) is 0 Å². The van der Waals surface area contributed by atoms with Crippen LogP contribution in [-0.2, 0) is 0 Å². The summed E-state index contributed by atoms with van der Waals surface area (Å²) in [5, 5.41) is 0. The van der Waals surface area contributed by atoms with Crippen molar-refractivity contribution in [3.63, 3.8) is 0 Å². The van der Waals surface area contributed by atoms with Gasteiger partial charge < -0.3 is 10.3 Å². The van der Waals surface area contributed by atoms with Gasteiger partial charge in [0.05, 0.1) is 16.7 Å². The standard InChI is InChI=1S/C15H15FN4/c1-9(2)20-14-4-3-11(16)6-13(14)19-15(20)10-5-12(17)8-18-7-10/h3-9H,17H2,1-2H3. The van der Waals surface area contributed by atoms with Crippen LogP contribution in [0.15, 0.2) is 36.7 Å². The van der Waals surface area contributed by atoms with Gasteiger partial charge >= 0.3 is 0 Å². The van der Waals surface area contributed by atoms with Crippen LogP contribution in [0.4, 0.5) is 10.1 Å². The second kappa shape index (κ2) is 4.59. The Balaban J connectivity index is 2.32. The Bertz CT molecular complexity index is 777. The summed E-state index contributed by atoms with van der Waals surface area (Å²) in [6, 6.07) is 6.66. The van der Waals surface area contributed by atoms with E-state index in [0.29, 0.717) is 11.2 Å². The highest BCUT2D eigenvalue weighted by Gasteiger charge is 2.15. The number of halogens is 1. The monoisotopic (exact) mass is 270 g/mol. The SMILES string of the molecule is CC(C)n1c(-c2cncc(N)c2)nc2cc(F)ccc21. The molecule has 0 fully saturated rings. The summed E-state index contributed by atoms with van der Waals surface area (Å²) in [7, 11) is 0. The number of anilines is 1. The van der Waals surface area contributed by atoms with E-state index in [2.05, 4.69) is 28.4 Å². The fourth-order valence-corrected chi connectivity index (χ4v) is 2.38. The fraction of sp³-hybridized carbons (Fsp3) is 0.200. The van der Waals surface area contributed by atoms with Crippen LogP contribution in [-0.4, -0.2) is 14.5 Å². The van der Waals surface area contributed by atoms with Crippen molar-refractivity contribution in [3.05, 3.63) is 42.5 Å². The molecule has 0 amide bonds. The number of rotatable bonds is 2. The van der Waals surface area contributed by atoms with Crippen molar-refractivity contribution in [1.82, 2.24) is 14.5 Å². The molecule has 2 aromatic heterocycles. The van der Waals surface area contributed by atoms with E-state index < -0.39 is 0 Å². The summed E-state index contributed by atoms with van der Waals surface area (Å²) in [5.74, 6) is 0.462. The minimum absolute atomic E-state index is 0.196. The fourth-order valence-electron chi connectivity index (χ4n) is 2.38. The van der Waals surface area contributed by atoms with Crippen molar-refractivity contribution < 1.29 is 4.39 Å². The largest absolute Gasteiger partial charge is 0.397 e. The Kier molecular flexibility index (Phi) is 2.89. The highest BCUT2D eigenvalue weighted by atomic mass is 19.1. The van der Waals surface area contributed by atoms with E-state index in [1.807, 2.05) is 6.07 Å². The van der Waals surface area contributed by atoms with Crippen LogP contribution in [0.2, 0.25) is 0 Å². The summed E-state index contributed by atoms with van der Waals surface area (Å²) in [6.07, 6.45) is 3.30. The van der Waals surface area contributed by atoms with Gasteiger partial charge in [0.2, 0.25) is 0 Å². The first-order chi connectivity index (χ1) is 9.56. The molecule has 4 nitrogen and oxygen atoms in total. The number of hydrogen-bond donors (Lipinski definition) is 1. The quantitative estimate of drug-likeness (QED) is 0.776. The zero-order valence-corrected chi connectivity index (χ0v) is 11.3. The first-order valence-electron chi connectivity index (χ1n) is 6.44. The van der Waals surface area contributed by atoms with E-state index in [1.165, 1.54) is 12.1 Å². The molecule has 3 rings (SSSR count). The third kappa shape index (κ3) is 2.01. The molecular weight excluding hydrogens is 255 g/mol. The van der Waals surface area contributed by atoms with Gasteiger partial charge in [-0.3, -0.25) is 4.98 Å². The topological polar surface area (TPSA) is 56.7 Å². The molecule has 3 aromatic rings. The Morgan fingerprint density at radius 2 is 2.00 bits per heavy atom. The van der Waals surface area contributed by atoms with Gasteiger partial charge in [0.15, 0.2) is 0 Å². The van der Waals surface area contributed by atoms with Gasteiger partial charge in [0, 0.05) is 30.1 Å². The maximum Gasteiger partial charge on any atom is 0.143 e. The van der Waals surface area contributed by atoms with E-state index in [1.54, 1.807) is 18.5 Å². The number of benzene rings is 1. The predicted molar refractivity (Wildman–Crippen MR) is 77.7 cm³/mol. The van der Waals surface area contributed by atoms with Crippen LogP contribution in [0.25, 0.3) is 22.4 Å². The van der Waals surface area contributed by atoms with Crippen LogP contribution in [0.3, 0.4) is 0 Å². The number of hydrogen-bond acceptors (Lipinski definition) is 3. The highest BCUT2D eigenvalue weighted by Crippen LogP contribution is 2.29. The van der Waals surface area contributed by atoms with Crippen molar-refractivity contribution in [2.45, 2.75) is 19.9 Å². The number of imidazole rings is 1. The zero-order chi connectivity index (χ0) is 14.3. The molecule has 5 heteroatoms. The number of nitrogen functional groups attached to an aromatic ring is 1. The Morgan fingerprint density at radius 3 is 2.70 bits per heavy atom. The number of aromatic nitrogens is 3. The van der Waals surface area contributed by atoms with E-state index in [-0.39, 0.29) is 11.9 Å². The second-order valence-electron chi connectivity index (χ2n) is 5.04. The van der Waals surface area contributed by atoms with E-state index >= 15 is 0 Å². The Morgan fingerprint density at radius 1 is 1.20 bits per heavy atom. The summed E-state index contributed by atoms with van der Waals surface area (Å²) in [5.41, 5.74) is 8.73. The van der Waals surface area contributed by atoms with Crippen molar-refractivity contribution in [2.75, 3.05) is 5.73 Å². The van der Waals surface area contributed by atoms with Gasteiger partial charge in [-0.2, -0.15) is 0 Å². The lowest BCUT2D eigenvalue weighted by Gasteiger charge is -2.13. The smallest absolute Gasteiger partial charge is 0.143 e. The Hall–Kier alpha value is -2.43. The van der Waals surface area contributed by atoms with Gasteiger partial charge in [-0.05, 0) is 32.0 Å². The molecule has 2 heterocycles. The van der Waals surface area contributed by atoms with Crippen LogP contribution < -0.4 is 5.73 Å². The van der Waals surface area contributed by atoms with Gasteiger partial charge in [0.25, 0.3) is 0 Å². The van der Waals surface area contributed by atoms with Crippen molar-refractivity contribution in [3.8, 4) is 11.4 Å². The van der Waals surface area contributed by atoms with Gasteiger partial charge in [-0.15, -0.1) is 0 Å². The van der Waals surface area contributed by atoms with Gasteiger partial charge in [0.1, 0.15) is 11.6 Å². The van der Waals surface area contributed by atoms with Crippen LogP contribution in [0, 0.1) is 5.82 Å². The van der Waals surface area contributed by atoms with Crippen molar-refractivity contribution >= 4 is 16.7 Å². The zero-order valence-electron chi connectivity index (χ0n) is 11.3. The predicted octanol–water partition coefficient (Wildman–Crippen LogP) is 3.40. The molecule has 0 aliphatic rings.